The van der Waals surface area contributed by atoms with Gasteiger partial charge in [-0.2, -0.15) is 11.8 Å². The maximum absolute atomic E-state index is 12.2. The smallest absolute Gasteiger partial charge is 0.268 e. The molecule has 106 valence electrons. The summed E-state index contributed by atoms with van der Waals surface area (Å²) in [5, 5.41) is 3.05. The molecule has 1 amide bonds. The van der Waals surface area contributed by atoms with Gasteiger partial charge in [-0.25, -0.2) is 0 Å². The fourth-order valence-electron chi connectivity index (χ4n) is 2.39. The standard InChI is InChI=1S/C14H23N3OS/c1-10(2)17-9-12(15)7-13(17)14(18)16-8-11-3-5-19-6-4-11/h7,9-11H,3-6,8,15H2,1-2H3,(H,16,18). The second kappa shape index (κ2) is 6.37. The minimum atomic E-state index is -0.0105. The molecule has 1 saturated heterocycles. The summed E-state index contributed by atoms with van der Waals surface area (Å²) in [7, 11) is 0. The summed E-state index contributed by atoms with van der Waals surface area (Å²) in [5.41, 5.74) is 7.10. The summed E-state index contributed by atoms with van der Waals surface area (Å²) >= 11 is 2.01. The average molecular weight is 281 g/mol. The molecule has 0 aliphatic carbocycles. The molecular formula is C14H23N3OS. The van der Waals surface area contributed by atoms with Gasteiger partial charge in [0.15, 0.2) is 0 Å². The van der Waals surface area contributed by atoms with Gasteiger partial charge in [0, 0.05) is 18.8 Å². The summed E-state index contributed by atoms with van der Waals surface area (Å²) in [6.07, 6.45) is 4.24. The number of carbonyl (C=O) groups is 1. The van der Waals surface area contributed by atoms with Crippen LogP contribution >= 0.6 is 11.8 Å². The van der Waals surface area contributed by atoms with Crippen LogP contribution in [0.4, 0.5) is 5.69 Å². The van der Waals surface area contributed by atoms with Crippen molar-refractivity contribution in [2.75, 3.05) is 23.8 Å². The van der Waals surface area contributed by atoms with Crippen LogP contribution in [0.15, 0.2) is 12.3 Å². The predicted octanol–water partition coefficient (Wildman–Crippen LogP) is 2.52. The second-order valence-corrected chi connectivity index (χ2v) is 6.65. The highest BCUT2D eigenvalue weighted by atomic mass is 32.2. The first kappa shape index (κ1) is 14.3. The van der Waals surface area contributed by atoms with Gasteiger partial charge in [0.05, 0.1) is 5.69 Å². The summed E-state index contributed by atoms with van der Waals surface area (Å²) in [5.74, 6) is 3.06. The number of amides is 1. The van der Waals surface area contributed by atoms with Gasteiger partial charge in [-0.3, -0.25) is 4.79 Å². The number of nitrogen functional groups attached to an aromatic ring is 1. The molecule has 0 atom stereocenters. The maximum atomic E-state index is 12.2. The Kier molecular flexibility index (Phi) is 4.80. The van der Waals surface area contributed by atoms with Gasteiger partial charge in [-0.05, 0) is 50.2 Å². The molecule has 0 saturated carbocycles. The number of nitrogens with one attached hydrogen (secondary N) is 1. The monoisotopic (exact) mass is 281 g/mol. The molecule has 3 N–H and O–H groups in total. The first-order chi connectivity index (χ1) is 9.08. The van der Waals surface area contributed by atoms with Crippen molar-refractivity contribution in [2.45, 2.75) is 32.7 Å². The van der Waals surface area contributed by atoms with E-state index in [9.17, 15) is 4.79 Å². The van der Waals surface area contributed by atoms with Crippen molar-refractivity contribution in [3.63, 3.8) is 0 Å². The van der Waals surface area contributed by atoms with E-state index in [1.54, 1.807) is 6.07 Å². The fraction of sp³-hybridized carbons (Fsp3) is 0.643. The van der Waals surface area contributed by atoms with E-state index in [-0.39, 0.29) is 11.9 Å². The first-order valence-corrected chi connectivity index (χ1v) is 8.06. The highest BCUT2D eigenvalue weighted by molar-refractivity contribution is 7.99. The Morgan fingerprint density at radius 2 is 2.21 bits per heavy atom. The van der Waals surface area contributed by atoms with E-state index in [2.05, 4.69) is 19.2 Å². The zero-order chi connectivity index (χ0) is 13.8. The lowest BCUT2D eigenvalue weighted by atomic mass is 10.0. The van der Waals surface area contributed by atoms with Crippen molar-refractivity contribution in [2.24, 2.45) is 5.92 Å². The van der Waals surface area contributed by atoms with Crippen LogP contribution in [0, 0.1) is 5.92 Å². The summed E-state index contributed by atoms with van der Waals surface area (Å²) < 4.78 is 1.93. The molecular weight excluding hydrogens is 258 g/mol. The number of rotatable bonds is 4. The van der Waals surface area contributed by atoms with Crippen LogP contribution in [0.1, 0.15) is 43.2 Å². The van der Waals surface area contributed by atoms with Crippen LogP contribution in [0.3, 0.4) is 0 Å². The Morgan fingerprint density at radius 1 is 1.53 bits per heavy atom. The molecule has 1 aliphatic heterocycles. The van der Waals surface area contributed by atoms with E-state index in [1.807, 2.05) is 22.5 Å². The Balaban J connectivity index is 1.95. The number of aromatic nitrogens is 1. The predicted molar refractivity (Wildman–Crippen MR) is 81.6 cm³/mol. The van der Waals surface area contributed by atoms with Crippen molar-refractivity contribution in [3.8, 4) is 0 Å². The lowest BCUT2D eigenvalue weighted by Crippen LogP contribution is -2.32. The van der Waals surface area contributed by atoms with Crippen LogP contribution < -0.4 is 11.1 Å². The molecule has 2 rings (SSSR count). The summed E-state index contributed by atoms with van der Waals surface area (Å²) in [6.45, 7) is 4.88. The molecule has 0 spiro atoms. The van der Waals surface area contributed by atoms with E-state index in [0.29, 0.717) is 17.3 Å². The molecule has 0 unspecified atom stereocenters. The minimum Gasteiger partial charge on any atom is -0.397 e. The number of hydrogen-bond donors (Lipinski definition) is 2. The normalized spacial score (nSPS) is 16.8. The third kappa shape index (κ3) is 3.69. The highest BCUT2D eigenvalue weighted by Crippen LogP contribution is 2.22. The van der Waals surface area contributed by atoms with Gasteiger partial charge in [-0.1, -0.05) is 0 Å². The molecule has 2 heterocycles. The quantitative estimate of drug-likeness (QED) is 0.891. The Labute approximate surface area is 119 Å². The fourth-order valence-corrected chi connectivity index (χ4v) is 3.59. The Hall–Kier alpha value is -1.10. The number of anilines is 1. The molecule has 1 aromatic rings. The van der Waals surface area contributed by atoms with E-state index < -0.39 is 0 Å². The first-order valence-electron chi connectivity index (χ1n) is 6.91. The SMILES string of the molecule is CC(C)n1cc(N)cc1C(=O)NCC1CCSCC1. The van der Waals surface area contributed by atoms with Gasteiger partial charge in [-0.15, -0.1) is 0 Å². The van der Waals surface area contributed by atoms with E-state index in [0.717, 1.165) is 6.54 Å². The molecule has 1 fully saturated rings. The largest absolute Gasteiger partial charge is 0.397 e. The van der Waals surface area contributed by atoms with Crippen molar-refractivity contribution in [3.05, 3.63) is 18.0 Å². The molecule has 5 heteroatoms. The van der Waals surface area contributed by atoms with Crippen LogP contribution in [0.2, 0.25) is 0 Å². The van der Waals surface area contributed by atoms with Gasteiger partial charge < -0.3 is 15.6 Å². The van der Waals surface area contributed by atoms with Gasteiger partial charge in [0.1, 0.15) is 5.69 Å². The third-order valence-corrected chi connectivity index (χ3v) is 4.60. The van der Waals surface area contributed by atoms with Gasteiger partial charge >= 0.3 is 0 Å². The second-order valence-electron chi connectivity index (χ2n) is 5.43. The number of nitrogens with two attached hydrogens (primary N) is 1. The third-order valence-electron chi connectivity index (χ3n) is 3.55. The molecule has 0 aromatic carbocycles. The van der Waals surface area contributed by atoms with E-state index in [4.69, 9.17) is 5.73 Å². The lowest BCUT2D eigenvalue weighted by Gasteiger charge is -2.21. The average Bonchev–Trinajstić information content (AvgIpc) is 2.79. The Morgan fingerprint density at radius 3 is 2.84 bits per heavy atom. The topological polar surface area (TPSA) is 60.0 Å². The van der Waals surface area contributed by atoms with Crippen LogP contribution in [0.5, 0.6) is 0 Å². The molecule has 4 nitrogen and oxygen atoms in total. The summed E-state index contributed by atoms with van der Waals surface area (Å²) in [4.78, 5) is 12.2. The zero-order valence-electron chi connectivity index (χ0n) is 11.7. The molecule has 1 aliphatic rings. The van der Waals surface area contributed by atoms with E-state index >= 15 is 0 Å². The zero-order valence-corrected chi connectivity index (χ0v) is 12.5. The van der Waals surface area contributed by atoms with Gasteiger partial charge in [0.2, 0.25) is 0 Å². The number of nitrogens with zero attached hydrogens (tertiary/aromatic N) is 1. The van der Waals surface area contributed by atoms with E-state index in [1.165, 1.54) is 24.3 Å². The Bertz CT molecular complexity index is 436. The van der Waals surface area contributed by atoms with Crippen LogP contribution in [0.25, 0.3) is 0 Å². The number of carbonyl (C=O) groups excluding carboxylic acids is 1. The van der Waals surface area contributed by atoms with Crippen molar-refractivity contribution in [1.29, 1.82) is 0 Å². The highest BCUT2D eigenvalue weighted by Gasteiger charge is 2.18. The van der Waals surface area contributed by atoms with Crippen molar-refractivity contribution in [1.82, 2.24) is 9.88 Å². The van der Waals surface area contributed by atoms with Crippen molar-refractivity contribution >= 4 is 23.4 Å². The number of thioether (sulfide) groups is 1. The summed E-state index contributed by atoms with van der Waals surface area (Å²) in [6, 6.07) is 2.00. The minimum absolute atomic E-state index is 0.0105. The lowest BCUT2D eigenvalue weighted by molar-refractivity contribution is 0.0935. The maximum Gasteiger partial charge on any atom is 0.268 e. The molecule has 0 radical (unpaired) electrons. The van der Waals surface area contributed by atoms with Crippen LogP contribution in [-0.4, -0.2) is 28.5 Å². The van der Waals surface area contributed by atoms with Gasteiger partial charge in [0.25, 0.3) is 5.91 Å². The molecule has 1 aromatic heterocycles. The number of hydrogen-bond acceptors (Lipinski definition) is 3. The van der Waals surface area contributed by atoms with Crippen LogP contribution in [-0.2, 0) is 0 Å². The van der Waals surface area contributed by atoms with Crippen molar-refractivity contribution < 1.29 is 4.79 Å². The molecule has 0 bridgehead atoms. The molecule has 19 heavy (non-hydrogen) atoms.